The number of fused-ring (bicyclic) bond motifs is 1. The van der Waals surface area contributed by atoms with E-state index in [0.29, 0.717) is 93.3 Å². The Labute approximate surface area is 357 Å². The molecule has 3 heterocycles. The average Bonchev–Trinajstić information content (AvgIpc) is 3.27. The van der Waals surface area contributed by atoms with Gasteiger partial charge in [0.25, 0.3) is 11.5 Å². The summed E-state index contributed by atoms with van der Waals surface area (Å²) in [4.78, 5) is 76.4. The Hall–Kier alpha value is -5.50. The molecule has 0 bridgehead atoms. The molecule has 322 valence electrons. The van der Waals surface area contributed by atoms with Crippen LogP contribution in [0.1, 0.15) is 79.3 Å². The van der Waals surface area contributed by atoms with Crippen LogP contribution >= 0.6 is 0 Å². The molecule has 61 heavy (non-hydrogen) atoms. The summed E-state index contributed by atoms with van der Waals surface area (Å²) in [6.45, 7) is 5.76. The quantitative estimate of drug-likeness (QED) is 0.112. The van der Waals surface area contributed by atoms with Crippen LogP contribution in [0.5, 0.6) is 0 Å². The van der Waals surface area contributed by atoms with Crippen molar-refractivity contribution in [1.29, 1.82) is 0 Å². The van der Waals surface area contributed by atoms with Crippen molar-refractivity contribution in [2.45, 2.75) is 76.4 Å². The van der Waals surface area contributed by atoms with Gasteiger partial charge in [-0.1, -0.05) is 42.5 Å². The van der Waals surface area contributed by atoms with Crippen molar-refractivity contribution in [2.75, 3.05) is 64.7 Å². The first-order valence-electron chi connectivity index (χ1n) is 21.9. The zero-order valence-electron chi connectivity index (χ0n) is 35.3. The Morgan fingerprint density at radius 2 is 1.64 bits per heavy atom. The summed E-state index contributed by atoms with van der Waals surface area (Å²) < 4.78 is 1.44. The number of Topliss-reactive ketones (excluding diaryl/α,β-unsaturated/α-hetero) is 1. The average molecular weight is 830 g/mol. The molecule has 1 atom stereocenters. The fraction of sp³-hybridized carbons (Fsp3) is 0.458. The monoisotopic (exact) mass is 829 g/mol. The first-order valence-corrected chi connectivity index (χ1v) is 21.9. The Kier molecular flexibility index (Phi) is 14.6. The second-order valence-corrected chi connectivity index (χ2v) is 17.1. The summed E-state index contributed by atoms with van der Waals surface area (Å²) in [5.41, 5.74) is 2.93. The number of aromatic nitrogens is 2. The zero-order chi connectivity index (χ0) is 42.8. The van der Waals surface area contributed by atoms with Gasteiger partial charge >= 0.3 is 0 Å². The van der Waals surface area contributed by atoms with Gasteiger partial charge in [0.15, 0.2) is 5.78 Å². The van der Waals surface area contributed by atoms with Gasteiger partial charge in [-0.25, -0.2) is 4.98 Å². The van der Waals surface area contributed by atoms with Gasteiger partial charge in [0, 0.05) is 82.4 Å². The molecule has 1 saturated carbocycles. The van der Waals surface area contributed by atoms with Gasteiger partial charge in [0.1, 0.15) is 0 Å². The number of hydrogen-bond acceptors (Lipinski definition) is 9. The van der Waals surface area contributed by atoms with Crippen LogP contribution in [0.15, 0.2) is 89.5 Å². The van der Waals surface area contributed by atoms with E-state index in [0.717, 1.165) is 62.1 Å². The number of carbonyl (C=O) groups is 4. The normalized spacial score (nSPS) is 18.6. The fourth-order valence-electron chi connectivity index (χ4n) is 8.63. The van der Waals surface area contributed by atoms with Crippen molar-refractivity contribution in [1.82, 2.24) is 29.6 Å². The number of benzene rings is 3. The summed E-state index contributed by atoms with van der Waals surface area (Å²) in [7, 11) is 2.10. The number of ketones is 1. The van der Waals surface area contributed by atoms with E-state index in [1.165, 1.54) is 10.9 Å². The molecule has 3 amide bonds. The Morgan fingerprint density at radius 1 is 0.902 bits per heavy atom. The number of anilines is 1. The predicted molar refractivity (Wildman–Crippen MR) is 237 cm³/mol. The number of piperazine rings is 1. The Morgan fingerprint density at radius 3 is 2.38 bits per heavy atom. The summed E-state index contributed by atoms with van der Waals surface area (Å²) in [5.74, 6) is -0.352. The van der Waals surface area contributed by atoms with Crippen LogP contribution < -0.4 is 16.2 Å². The lowest BCUT2D eigenvalue weighted by Gasteiger charge is -2.39. The minimum atomic E-state index is -1.20. The number of nitrogens with zero attached hydrogens (tertiary/aromatic N) is 5. The third-order valence-electron chi connectivity index (χ3n) is 12.5. The minimum Gasteiger partial charge on any atom is -0.388 e. The number of rotatable bonds is 15. The highest BCUT2D eigenvalue weighted by atomic mass is 16.3. The summed E-state index contributed by atoms with van der Waals surface area (Å²) in [5, 5.41) is 18.0. The maximum absolute atomic E-state index is 14.1. The van der Waals surface area contributed by atoms with Crippen LogP contribution in [0.4, 0.5) is 5.69 Å². The summed E-state index contributed by atoms with van der Waals surface area (Å²) >= 11 is 0. The van der Waals surface area contributed by atoms with Gasteiger partial charge in [-0.15, -0.1) is 0 Å². The van der Waals surface area contributed by atoms with Gasteiger partial charge in [0.2, 0.25) is 11.8 Å². The molecule has 3 fully saturated rings. The number of piperidine rings is 1. The molecular formula is C48H59N7O6. The number of nitrogens with one attached hydrogen (secondary N) is 2. The summed E-state index contributed by atoms with van der Waals surface area (Å²) in [6, 6.07) is 22.3. The van der Waals surface area contributed by atoms with Gasteiger partial charge in [-0.3, -0.25) is 28.5 Å². The molecule has 7 rings (SSSR count). The number of amides is 3. The number of allylic oxidation sites excluding steroid dienone is 1. The van der Waals surface area contributed by atoms with E-state index < -0.39 is 5.60 Å². The molecule has 1 unspecified atom stereocenters. The van der Waals surface area contributed by atoms with Gasteiger partial charge in [-0.2, -0.15) is 0 Å². The van der Waals surface area contributed by atoms with Crippen LogP contribution in [-0.2, 0) is 27.3 Å². The van der Waals surface area contributed by atoms with Crippen molar-refractivity contribution < 1.29 is 24.3 Å². The highest BCUT2D eigenvalue weighted by Crippen LogP contribution is 2.28. The lowest BCUT2D eigenvalue weighted by atomic mass is 9.88. The fourth-order valence-corrected chi connectivity index (χ4v) is 8.63. The number of hydrogen-bond donors (Lipinski definition) is 3. The SMILES string of the molecule is CN1CCN(CCC(=O)Nc2ccc3c(=O)n(CC4(O)CCN(C(=O)C(CCCNC(=O)c5ccc(/C=C6\CCCCC6=O)cc5)Cc5ccccc5)CC4)cnc3c2)CC1. The zero-order valence-corrected chi connectivity index (χ0v) is 35.3. The van der Waals surface area contributed by atoms with Crippen LogP contribution in [-0.4, -0.2) is 118 Å². The third-order valence-corrected chi connectivity index (χ3v) is 12.5. The molecule has 0 radical (unpaired) electrons. The van der Waals surface area contributed by atoms with Crippen molar-refractivity contribution in [3.8, 4) is 0 Å². The molecule has 4 aromatic rings. The highest BCUT2D eigenvalue weighted by molar-refractivity contribution is 6.00. The Balaban J connectivity index is 0.901. The molecule has 3 aliphatic rings. The van der Waals surface area contributed by atoms with E-state index in [2.05, 4.69) is 32.5 Å². The molecule has 3 N–H and O–H groups in total. The van der Waals surface area contributed by atoms with E-state index >= 15 is 0 Å². The van der Waals surface area contributed by atoms with Gasteiger partial charge in [-0.05, 0) is 112 Å². The van der Waals surface area contributed by atoms with E-state index in [-0.39, 0.29) is 41.5 Å². The first kappa shape index (κ1) is 43.6. The second-order valence-electron chi connectivity index (χ2n) is 17.1. The van der Waals surface area contributed by atoms with Crippen molar-refractivity contribution in [3.05, 3.63) is 112 Å². The topological polar surface area (TPSA) is 157 Å². The summed E-state index contributed by atoms with van der Waals surface area (Å²) in [6.07, 6.45) is 9.50. The number of likely N-dealkylation sites (tertiary alicyclic amines) is 1. The lowest BCUT2D eigenvalue weighted by Crippen LogP contribution is -2.51. The Bertz CT molecular complexity index is 2260. The van der Waals surface area contributed by atoms with Crippen molar-refractivity contribution in [2.24, 2.45) is 5.92 Å². The van der Waals surface area contributed by atoms with E-state index in [9.17, 15) is 29.1 Å². The molecular weight excluding hydrogens is 771 g/mol. The number of carbonyl (C=O) groups excluding carboxylic acids is 4. The van der Waals surface area contributed by atoms with Crippen molar-refractivity contribution in [3.63, 3.8) is 0 Å². The molecule has 13 nitrogen and oxygen atoms in total. The van der Waals surface area contributed by atoms with Crippen LogP contribution in [0.25, 0.3) is 17.0 Å². The molecule has 1 aliphatic carbocycles. The lowest BCUT2D eigenvalue weighted by molar-refractivity contribution is -0.140. The first-order chi connectivity index (χ1) is 29.5. The molecule has 0 spiro atoms. The molecule has 13 heteroatoms. The van der Waals surface area contributed by atoms with Gasteiger partial charge in [0.05, 0.1) is 29.4 Å². The largest absolute Gasteiger partial charge is 0.388 e. The van der Waals surface area contributed by atoms with Crippen LogP contribution in [0, 0.1) is 5.92 Å². The maximum atomic E-state index is 14.1. The maximum Gasteiger partial charge on any atom is 0.261 e. The smallest absolute Gasteiger partial charge is 0.261 e. The molecule has 1 aromatic heterocycles. The number of likely N-dealkylation sites (N-methyl/N-ethyl adjacent to an activating group) is 1. The predicted octanol–water partition coefficient (Wildman–Crippen LogP) is 4.92. The van der Waals surface area contributed by atoms with Crippen molar-refractivity contribution >= 4 is 46.2 Å². The number of aliphatic hydroxyl groups is 1. The van der Waals surface area contributed by atoms with E-state index in [1.54, 1.807) is 30.3 Å². The minimum absolute atomic E-state index is 0.0187. The van der Waals surface area contributed by atoms with Crippen LogP contribution in [0.2, 0.25) is 0 Å². The van der Waals surface area contributed by atoms with Crippen LogP contribution in [0.3, 0.4) is 0 Å². The molecule has 3 aromatic carbocycles. The molecule has 2 saturated heterocycles. The molecule has 2 aliphatic heterocycles. The van der Waals surface area contributed by atoms with E-state index in [1.807, 2.05) is 53.4 Å². The van der Waals surface area contributed by atoms with E-state index in [4.69, 9.17) is 0 Å². The highest BCUT2D eigenvalue weighted by Gasteiger charge is 2.36. The van der Waals surface area contributed by atoms with Gasteiger partial charge < -0.3 is 30.4 Å². The third kappa shape index (κ3) is 11.9. The second kappa shape index (κ2) is 20.4. The standard InChI is InChI=1S/C48H59N7O6/c1-52-26-28-53(29-27-52)23-19-44(57)51-40-17-18-41-42(32-40)50-34-55(47(41)60)33-48(61)20-24-54(25-21-48)46(59)39(31-35-8-3-2-4-9-35)11-7-22-49-45(58)37-15-13-36(14-16-37)30-38-10-5-6-12-43(38)56/h2-4,8-9,13-18,30,32,34,39,61H,5-7,10-12,19-29,31,33H2,1H3,(H,49,58)(H,51,57)/b38-30+.